The Bertz CT molecular complexity index is 465. The number of carbonyl (C=O) groups excluding carboxylic acids is 1. The molecule has 1 N–H and O–H groups in total. The molecule has 21 heavy (non-hydrogen) atoms. The van der Waals surface area contributed by atoms with Crippen molar-refractivity contribution in [2.45, 2.75) is 6.42 Å². The standard InChI is InChI=1S/C16H25N3O2/c1-18-9-5-10-19(13-12-18)11-8-17-16(20)14-6-3-4-7-15(14)21-2/h3-4,6-7H,5,8-13H2,1-2H3,(H,17,20). The van der Waals surface area contributed by atoms with Gasteiger partial charge in [-0.25, -0.2) is 0 Å². The highest BCUT2D eigenvalue weighted by molar-refractivity contribution is 5.96. The van der Waals surface area contributed by atoms with E-state index in [4.69, 9.17) is 4.74 Å². The first kappa shape index (κ1) is 15.8. The van der Waals surface area contributed by atoms with Gasteiger partial charge in [0.2, 0.25) is 0 Å². The first-order chi connectivity index (χ1) is 10.2. The number of benzene rings is 1. The van der Waals surface area contributed by atoms with Crippen molar-refractivity contribution in [1.82, 2.24) is 15.1 Å². The number of hydrogen-bond donors (Lipinski definition) is 1. The summed E-state index contributed by atoms with van der Waals surface area (Å²) in [5, 5.41) is 2.98. The Morgan fingerprint density at radius 3 is 2.86 bits per heavy atom. The highest BCUT2D eigenvalue weighted by Gasteiger charge is 2.13. The van der Waals surface area contributed by atoms with E-state index in [0.717, 1.165) is 32.7 Å². The lowest BCUT2D eigenvalue weighted by atomic mass is 10.2. The number of amides is 1. The van der Waals surface area contributed by atoms with Crippen LogP contribution in [0.15, 0.2) is 24.3 Å². The van der Waals surface area contributed by atoms with Crippen molar-refractivity contribution in [2.24, 2.45) is 0 Å². The Balaban J connectivity index is 1.79. The summed E-state index contributed by atoms with van der Waals surface area (Å²) in [7, 11) is 3.74. The number of rotatable bonds is 5. The normalized spacial score (nSPS) is 17.2. The molecule has 1 aromatic carbocycles. The maximum absolute atomic E-state index is 12.2. The van der Waals surface area contributed by atoms with Gasteiger partial charge in [-0.3, -0.25) is 4.79 Å². The van der Waals surface area contributed by atoms with Crippen LogP contribution in [-0.4, -0.2) is 69.1 Å². The van der Waals surface area contributed by atoms with Crippen molar-refractivity contribution < 1.29 is 9.53 Å². The summed E-state index contributed by atoms with van der Waals surface area (Å²) in [6, 6.07) is 7.31. The Morgan fingerprint density at radius 1 is 1.24 bits per heavy atom. The molecule has 0 bridgehead atoms. The van der Waals surface area contributed by atoms with Crippen LogP contribution in [0.4, 0.5) is 0 Å². The van der Waals surface area contributed by atoms with Gasteiger partial charge in [-0.15, -0.1) is 0 Å². The predicted octanol–water partition coefficient (Wildman–Crippen LogP) is 1.06. The van der Waals surface area contributed by atoms with E-state index in [1.165, 1.54) is 6.42 Å². The second-order valence-corrected chi connectivity index (χ2v) is 5.45. The van der Waals surface area contributed by atoms with Gasteiger partial charge in [0.15, 0.2) is 0 Å². The maximum atomic E-state index is 12.2. The van der Waals surface area contributed by atoms with E-state index in [-0.39, 0.29) is 5.91 Å². The number of ether oxygens (including phenoxy) is 1. The van der Waals surface area contributed by atoms with Crippen LogP contribution in [0.25, 0.3) is 0 Å². The number of carbonyl (C=O) groups is 1. The van der Waals surface area contributed by atoms with E-state index in [0.29, 0.717) is 17.9 Å². The molecule has 5 nitrogen and oxygen atoms in total. The molecule has 1 amide bonds. The smallest absolute Gasteiger partial charge is 0.255 e. The number of nitrogens with zero attached hydrogens (tertiary/aromatic N) is 2. The molecule has 1 saturated heterocycles. The van der Waals surface area contributed by atoms with E-state index in [1.54, 1.807) is 19.2 Å². The van der Waals surface area contributed by atoms with Crippen LogP contribution in [0.3, 0.4) is 0 Å². The molecule has 116 valence electrons. The van der Waals surface area contributed by atoms with Gasteiger partial charge in [-0.05, 0) is 38.7 Å². The molecular formula is C16H25N3O2. The lowest BCUT2D eigenvalue weighted by molar-refractivity contribution is 0.0945. The second kappa shape index (κ2) is 8.00. The fourth-order valence-corrected chi connectivity index (χ4v) is 2.58. The molecule has 0 unspecified atom stereocenters. The molecule has 1 heterocycles. The third kappa shape index (κ3) is 4.72. The minimum atomic E-state index is -0.0700. The second-order valence-electron chi connectivity index (χ2n) is 5.45. The van der Waals surface area contributed by atoms with Gasteiger partial charge < -0.3 is 19.9 Å². The quantitative estimate of drug-likeness (QED) is 0.881. The molecule has 0 radical (unpaired) electrons. The van der Waals surface area contributed by atoms with Crippen LogP contribution >= 0.6 is 0 Å². The highest BCUT2D eigenvalue weighted by atomic mass is 16.5. The summed E-state index contributed by atoms with van der Waals surface area (Å²) in [6.45, 7) is 6.00. The van der Waals surface area contributed by atoms with Gasteiger partial charge in [0.05, 0.1) is 12.7 Å². The van der Waals surface area contributed by atoms with Gasteiger partial charge in [-0.1, -0.05) is 12.1 Å². The number of para-hydroxylation sites is 1. The van der Waals surface area contributed by atoms with Gasteiger partial charge in [-0.2, -0.15) is 0 Å². The average Bonchev–Trinajstić information content (AvgIpc) is 2.72. The monoisotopic (exact) mass is 291 g/mol. The van der Waals surface area contributed by atoms with Crippen molar-refractivity contribution in [3.63, 3.8) is 0 Å². The van der Waals surface area contributed by atoms with Gasteiger partial charge in [0.1, 0.15) is 5.75 Å². The van der Waals surface area contributed by atoms with E-state index >= 15 is 0 Å². The Morgan fingerprint density at radius 2 is 2.05 bits per heavy atom. The lowest BCUT2D eigenvalue weighted by Gasteiger charge is -2.20. The third-order valence-corrected chi connectivity index (χ3v) is 3.88. The zero-order chi connectivity index (χ0) is 15.1. The van der Waals surface area contributed by atoms with Crippen LogP contribution in [0.1, 0.15) is 16.8 Å². The van der Waals surface area contributed by atoms with Gasteiger partial charge in [0.25, 0.3) is 5.91 Å². The fourth-order valence-electron chi connectivity index (χ4n) is 2.58. The molecule has 0 saturated carbocycles. The van der Waals surface area contributed by atoms with E-state index in [1.807, 2.05) is 12.1 Å². The molecule has 1 fully saturated rings. The topological polar surface area (TPSA) is 44.8 Å². The van der Waals surface area contributed by atoms with E-state index in [9.17, 15) is 4.79 Å². The minimum absolute atomic E-state index is 0.0700. The molecule has 2 rings (SSSR count). The summed E-state index contributed by atoms with van der Waals surface area (Å²) < 4.78 is 5.21. The largest absolute Gasteiger partial charge is 0.496 e. The zero-order valence-corrected chi connectivity index (χ0v) is 13.0. The molecule has 1 aromatic rings. The average molecular weight is 291 g/mol. The fraction of sp³-hybridized carbons (Fsp3) is 0.562. The summed E-state index contributed by atoms with van der Waals surface area (Å²) in [5.74, 6) is 0.547. The Labute approximate surface area is 126 Å². The van der Waals surface area contributed by atoms with Crippen LogP contribution in [0, 0.1) is 0 Å². The summed E-state index contributed by atoms with van der Waals surface area (Å²) in [6.07, 6.45) is 1.19. The molecule has 5 heteroatoms. The van der Waals surface area contributed by atoms with Crippen molar-refractivity contribution in [2.75, 3.05) is 53.4 Å². The maximum Gasteiger partial charge on any atom is 0.255 e. The van der Waals surface area contributed by atoms with Crippen molar-refractivity contribution in [3.05, 3.63) is 29.8 Å². The SMILES string of the molecule is COc1ccccc1C(=O)NCCN1CCCN(C)CC1. The lowest BCUT2D eigenvalue weighted by Crippen LogP contribution is -2.37. The Kier molecular flexibility index (Phi) is 6.02. The number of hydrogen-bond acceptors (Lipinski definition) is 4. The molecule has 0 aliphatic carbocycles. The van der Waals surface area contributed by atoms with Crippen LogP contribution in [0.2, 0.25) is 0 Å². The zero-order valence-electron chi connectivity index (χ0n) is 13.0. The number of methoxy groups -OCH3 is 1. The van der Waals surface area contributed by atoms with Crippen LogP contribution in [-0.2, 0) is 0 Å². The molecular weight excluding hydrogens is 266 g/mol. The van der Waals surface area contributed by atoms with Crippen molar-refractivity contribution in [1.29, 1.82) is 0 Å². The van der Waals surface area contributed by atoms with Crippen LogP contribution < -0.4 is 10.1 Å². The predicted molar refractivity (Wildman–Crippen MR) is 83.9 cm³/mol. The number of nitrogens with one attached hydrogen (secondary N) is 1. The van der Waals surface area contributed by atoms with Crippen molar-refractivity contribution >= 4 is 5.91 Å². The molecule has 0 aromatic heterocycles. The molecule has 0 atom stereocenters. The first-order valence-electron chi connectivity index (χ1n) is 7.53. The van der Waals surface area contributed by atoms with Crippen LogP contribution in [0.5, 0.6) is 5.75 Å². The first-order valence-corrected chi connectivity index (χ1v) is 7.53. The van der Waals surface area contributed by atoms with Gasteiger partial charge >= 0.3 is 0 Å². The third-order valence-electron chi connectivity index (χ3n) is 3.88. The van der Waals surface area contributed by atoms with Crippen molar-refractivity contribution in [3.8, 4) is 5.75 Å². The summed E-state index contributed by atoms with van der Waals surface area (Å²) in [5.41, 5.74) is 0.593. The minimum Gasteiger partial charge on any atom is -0.496 e. The van der Waals surface area contributed by atoms with Gasteiger partial charge in [0, 0.05) is 26.2 Å². The molecule has 1 aliphatic rings. The molecule has 1 aliphatic heterocycles. The highest BCUT2D eigenvalue weighted by Crippen LogP contribution is 2.16. The number of likely N-dealkylation sites (N-methyl/N-ethyl adjacent to an activating group) is 1. The Hall–Kier alpha value is -1.59. The van der Waals surface area contributed by atoms with E-state index < -0.39 is 0 Å². The van der Waals surface area contributed by atoms with E-state index in [2.05, 4.69) is 22.2 Å². The summed E-state index contributed by atoms with van der Waals surface area (Å²) in [4.78, 5) is 16.9. The molecule has 0 spiro atoms. The summed E-state index contributed by atoms with van der Waals surface area (Å²) >= 11 is 0.